The van der Waals surface area contributed by atoms with E-state index >= 15 is 0 Å². The van der Waals surface area contributed by atoms with Crippen LogP contribution in [0.3, 0.4) is 0 Å². The summed E-state index contributed by atoms with van der Waals surface area (Å²) >= 11 is 0. The van der Waals surface area contributed by atoms with E-state index in [2.05, 4.69) is 32.9 Å². The molecule has 3 rings (SSSR count). The molecule has 4 nitrogen and oxygen atoms in total. The van der Waals surface area contributed by atoms with Gasteiger partial charge in [-0.15, -0.1) is 0 Å². The minimum absolute atomic E-state index is 0.444. The van der Waals surface area contributed by atoms with Crippen LogP contribution in [-0.4, -0.2) is 45.7 Å². The van der Waals surface area contributed by atoms with Crippen LogP contribution in [0.4, 0.5) is 0 Å². The van der Waals surface area contributed by atoms with E-state index in [4.69, 9.17) is 0 Å². The Bertz CT molecular complexity index is 408. The highest BCUT2D eigenvalue weighted by Crippen LogP contribution is 2.33. The molecule has 1 spiro atoms. The molecule has 1 aliphatic carbocycles. The van der Waals surface area contributed by atoms with Gasteiger partial charge in [-0.1, -0.05) is 26.2 Å². The molecule has 2 fully saturated rings. The van der Waals surface area contributed by atoms with Crippen molar-refractivity contribution in [2.24, 2.45) is 0 Å². The normalized spacial score (nSPS) is 25.7. The summed E-state index contributed by atoms with van der Waals surface area (Å²) in [5, 5.41) is 3.91. The van der Waals surface area contributed by atoms with Gasteiger partial charge >= 0.3 is 0 Å². The van der Waals surface area contributed by atoms with Gasteiger partial charge in [-0.25, -0.2) is 4.98 Å². The Morgan fingerprint density at radius 2 is 2.14 bits per heavy atom. The number of imidazole rings is 1. The third-order valence-electron chi connectivity index (χ3n) is 5.34. The zero-order valence-corrected chi connectivity index (χ0v) is 13.4. The first kappa shape index (κ1) is 15.0. The second-order valence-electron chi connectivity index (χ2n) is 6.94. The fraction of sp³-hybridized carbons (Fsp3) is 0.824. The van der Waals surface area contributed by atoms with Gasteiger partial charge in [0.2, 0.25) is 0 Å². The van der Waals surface area contributed by atoms with Crippen molar-refractivity contribution in [3.05, 3.63) is 18.7 Å². The number of piperazine rings is 1. The van der Waals surface area contributed by atoms with E-state index < -0.39 is 0 Å². The fourth-order valence-corrected chi connectivity index (χ4v) is 4.18. The topological polar surface area (TPSA) is 33.1 Å². The summed E-state index contributed by atoms with van der Waals surface area (Å²) in [6.45, 7) is 7.09. The van der Waals surface area contributed by atoms with Gasteiger partial charge in [0.25, 0.3) is 0 Å². The monoisotopic (exact) mass is 290 g/mol. The van der Waals surface area contributed by atoms with Gasteiger partial charge in [0.05, 0.1) is 6.33 Å². The molecule has 4 heteroatoms. The molecule has 1 aromatic heterocycles. The van der Waals surface area contributed by atoms with Crippen LogP contribution in [0.15, 0.2) is 18.7 Å². The molecule has 1 atom stereocenters. The maximum Gasteiger partial charge on any atom is 0.0945 e. The van der Waals surface area contributed by atoms with Crippen LogP contribution in [0, 0.1) is 0 Å². The quantitative estimate of drug-likeness (QED) is 0.874. The molecule has 2 heterocycles. The summed E-state index contributed by atoms with van der Waals surface area (Å²) in [5.74, 6) is 0. The molecular formula is C17H30N4. The van der Waals surface area contributed by atoms with Crippen LogP contribution >= 0.6 is 0 Å². The van der Waals surface area contributed by atoms with Gasteiger partial charge in [-0.05, 0) is 25.7 Å². The smallest absolute Gasteiger partial charge is 0.0945 e. The molecule has 0 radical (unpaired) electrons. The number of rotatable bonds is 6. The Morgan fingerprint density at radius 1 is 1.29 bits per heavy atom. The summed E-state index contributed by atoms with van der Waals surface area (Å²) in [7, 11) is 0. The highest BCUT2D eigenvalue weighted by atomic mass is 15.3. The van der Waals surface area contributed by atoms with Crippen molar-refractivity contribution in [1.82, 2.24) is 19.8 Å². The molecule has 1 unspecified atom stereocenters. The van der Waals surface area contributed by atoms with Gasteiger partial charge in [-0.3, -0.25) is 4.90 Å². The number of aromatic nitrogens is 2. The minimum Gasteiger partial charge on any atom is -0.337 e. The van der Waals surface area contributed by atoms with Crippen molar-refractivity contribution in [2.75, 3.05) is 19.6 Å². The lowest BCUT2D eigenvalue weighted by Crippen LogP contribution is -2.63. The maximum atomic E-state index is 4.13. The van der Waals surface area contributed by atoms with Gasteiger partial charge < -0.3 is 9.88 Å². The lowest BCUT2D eigenvalue weighted by Gasteiger charge is -2.46. The first-order chi connectivity index (χ1) is 10.3. The Morgan fingerprint density at radius 3 is 2.86 bits per heavy atom. The molecule has 118 valence electrons. The summed E-state index contributed by atoms with van der Waals surface area (Å²) in [6.07, 6.45) is 15.3. The van der Waals surface area contributed by atoms with Crippen molar-refractivity contribution in [3.8, 4) is 0 Å². The first-order valence-electron chi connectivity index (χ1n) is 8.76. The van der Waals surface area contributed by atoms with Gasteiger partial charge in [0.1, 0.15) is 0 Å². The molecule has 0 amide bonds. The number of aryl methyl sites for hydroxylation is 1. The molecule has 1 N–H and O–H groups in total. The molecule has 21 heavy (non-hydrogen) atoms. The third-order valence-corrected chi connectivity index (χ3v) is 5.34. The Labute approximate surface area is 128 Å². The van der Waals surface area contributed by atoms with E-state index in [-0.39, 0.29) is 0 Å². The van der Waals surface area contributed by atoms with Crippen molar-refractivity contribution in [3.63, 3.8) is 0 Å². The predicted molar refractivity (Wildman–Crippen MR) is 86.3 cm³/mol. The van der Waals surface area contributed by atoms with Crippen LogP contribution < -0.4 is 5.32 Å². The first-order valence-corrected chi connectivity index (χ1v) is 8.76. The van der Waals surface area contributed by atoms with E-state index in [1.807, 2.05) is 12.5 Å². The molecule has 1 saturated carbocycles. The van der Waals surface area contributed by atoms with Crippen LogP contribution in [0.25, 0.3) is 0 Å². The van der Waals surface area contributed by atoms with E-state index in [9.17, 15) is 0 Å². The molecule has 0 aromatic carbocycles. The lowest BCUT2D eigenvalue weighted by molar-refractivity contribution is 0.0734. The second-order valence-corrected chi connectivity index (χ2v) is 6.94. The van der Waals surface area contributed by atoms with Crippen molar-refractivity contribution in [1.29, 1.82) is 0 Å². The second kappa shape index (κ2) is 6.93. The number of nitrogens with one attached hydrogen (secondary N) is 1. The van der Waals surface area contributed by atoms with Crippen LogP contribution in [0.2, 0.25) is 0 Å². The Hall–Kier alpha value is -0.870. The lowest BCUT2D eigenvalue weighted by atomic mass is 9.91. The number of nitrogens with zero attached hydrogens (tertiary/aromatic N) is 3. The summed E-state index contributed by atoms with van der Waals surface area (Å²) in [5.41, 5.74) is 0.444. The van der Waals surface area contributed by atoms with Gasteiger partial charge in [0.15, 0.2) is 0 Å². The molecule has 1 saturated heterocycles. The number of hydrogen-bond acceptors (Lipinski definition) is 3. The molecule has 2 aliphatic rings. The SMILES string of the molecule is CCCC1CNC2(CCCC2)CN1CCCn1ccnc1. The standard InChI is InChI=1S/C17H30N4/c1-2-6-16-13-19-17(7-3-4-8-17)14-21(16)11-5-10-20-12-9-18-15-20/h9,12,15-16,19H,2-8,10-11,13-14H2,1H3. The van der Waals surface area contributed by atoms with Crippen LogP contribution in [-0.2, 0) is 6.54 Å². The minimum atomic E-state index is 0.444. The summed E-state index contributed by atoms with van der Waals surface area (Å²) in [4.78, 5) is 6.91. The Kier molecular flexibility index (Phi) is 4.96. The van der Waals surface area contributed by atoms with Gasteiger partial charge in [-0.2, -0.15) is 0 Å². The average molecular weight is 290 g/mol. The van der Waals surface area contributed by atoms with E-state index in [1.165, 1.54) is 64.6 Å². The van der Waals surface area contributed by atoms with E-state index in [0.717, 1.165) is 12.6 Å². The van der Waals surface area contributed by atoms with E-state index in [1.54, 1.807) is 0 Å². The molecular weight excluding hydrogens is 260 g/mol. The average Bonchev–Trinajstić information content (AvgIpc) is 3.15. The largest absolute Gasteiger partial charge is 0.337 e. The van der Waals surface area contributed by atoms with Crippen molar-refractivity contribution >= 4 is 0 Å². The van der Waals surface area contributed by atoms with E-state index in [0.29, 0.717) is 5.54 Å². The molecule has 1 aromatic rings. The zero-order valence-electron chi connectivity index (χ0n) is 13.4. The predicted octanol–water partition coefficient (Wildman–Crippen LogP) is 2.66. The maximum absolute atomic E-state index is 4.13. The van der Waals surface area contributed by atoms with Crippen LogP contribution in [0.1, 0.15) is 51.9 Å². The number of hydrogen-bond donors (Lipinski definition) is 1. The van der Waals surface area contributed by atoms with Gasteiger partial charge in [0, 0.05) is 50.2 Å². The highest BCUT2D eigenvalue weighted by molar-refractivity contribution is 5.00. The molecule has 0 bridgehead atoms. The molecule has 1 aliphatic heterocycles. The zero-order chi connectivity index (χ0) is 14.5. The van der Waals surface area contributed by atoms with Crippen LogP contribution in [0.5, 0.6) is 0 Å². The summed E-state index contributed by atoms with van der Waals surface area (Å²) < 4.78 is 2.20. The third kappa shape index (κ3) is 3.67. The Balaban J connectivity index is 1.55. The van der Waals surface area contributed by atoms with Crippen molar-refractivity contribution < 1.29 is 0 Å². The fourth-order valence-electron chi connectivity index (χ4n) is 4.18. The summed E-state index contributed by atoms with van der Waals surface area (Å²) in [6, 6.07) is 0.740. The highest BCUT2D eigenvalue weighted by Gasteiger charge is 2.40. The van der Waals surface area contributed by atoms with Crippen molar-refractivity contribution in [2.45, 2.75) is 70.0 Å².